The first-order valence-electron chi connectivity index (χ1n) is 5.43. The van der Waals surface area contributed by atoms with E-state index in [4.69, 9.17) is 5.26 Å². The van der Waals surface area contributed by atoms with Gasteiger partial charge in [0, 0.05) is 34.0 Å². The molecule has 1 aliphatic carbocycles. The van der Waals surface area contributed by atoms with Crippen LogP contribution < -0.4 is 10.3 Å². The predicted molar refractivity (Wildman–Crippen MR) is 68.5 cm³/mol. The van der Waals surface area contributed by atoms with Crippen molar-refractivity contribution < 1.29 is 10.5 Å². The van der Waals surface area contributed by atoms with Crippen molar-refractivity contribution in [2.45, 2.75) is 25.3 Å². The summed E-state index contributed by atoms with van der Waals surface area (Å²) in [5.41, 5.74) is 1.06. The number of nitriles is 1. The van der Waals surface area contributed by atoms with Crippen LogP contribution in [0.4, 0.5) is 11.4 Å². The summed E-state index contributed by atoms with van der Waals surface area (Å²) in [6.45, 7) is 0. The minimum absolute atomic E-state index is 0. The van der Waals surface area contributed by atoms with E-state index in [1.807, 2.05) is 0 Å². The van der Waals surface area contributed by atoms with Crippen molar-refractivity contribution in [3.63, 3.8) is 0 Å². The smallest absolute Gasteiger partial charge is 0.248 e. The topological polar surface area (TPSA) is 109 Å². The Hall–Kier alpha value is -1.52. The molecule has 96 valence electrons. The number of halogens is 1. The molecule has 0 aromatic carbocycles. The van der Waals surface area contributed by atoms with Crippen LogP contribution in [0.25, 0.3) is 0 Å². The fourth-order valence-corrected chi connectivity index (χ4v) is 2.44. The molecule has 7 heteroatoms. The van der Waals surface area contributed by atoms with E-state index in [2.05, 4.69) is 37.5 Å². The van der Waals surface area contributed by atoms with Gasteiger partial charge in [-0.3, -0.25) is 0 Å². The number of hydrogen-bond acceptors (Lipinski definition) is 5. The number of anilines is 1. The standard InChI is InChI=1S/C11H11BrN4O.H2O/c12-11-4-9(10(16-17)6-14-11)15-8-2-1-7(3-8)5-13;/h4,6-8H,1-3H2,(H,14,15);1H2. The molecule has 18 heavy (non-hydrogen) atoms. The highest BCUT2D eigenvalue weighted by Gasteiger charge is 2.25. The number of rotatable bonds is 3. The Kier molecular flexibility index (Phi) is 5.19. The van der Waals surface area contributed by atoms with Gasteiger partial charge in [-0.15, -0.1) is 4.91 Å². The Labute approximate surface area is 113 Å². The average molecular weight is 313 g/mol. The highest BCUT2D eigenvalue weighted by atomic mass is 79.9. The second-order valence-corrected chi connectivity index (χ2v) is 5.01. The summed E-state index contributed by atoms with van der Waals surface area (Å²) in [5.74, 6) is 0.124. The van der Waals surface area contributed by atoms with Crippen molar-refractivity contribution in [1.29, 1.82) is 5.26 Å². The monoisotopic (exact) mass is 312 g/mol. The molecule has 0 amide bonds. The van der Waals surface area contributed by atoms with E-state index < -0.39 is 0 Å². The van der Waals surface area contributed by atoms with Crippen LogP contribution in [-0.2, 0) is 0 Å². The molecule has 1 heterocycles. The van der Waals surface area contributed by atoms with Crippen LogP contribution in [0.1, 0.15) is 19.3 Å². The van der Waals surface area contributed by atoms with Crippen LogP contribution in [0.5, 0.6) is 0 Å². The average Bonchev–Trinajstić information content (AvgIpc) is 2.77. The molecular weight excluding hydrogens is 300 g/mol. The number of H-pyrrole nitrogens is 1. The third kappa shape index (κ3) is 3.24. The summed E-state index contributed by atoms with van der Waals surface area (Å²) in [5, 5.41) is 15.1. The van der Waals surface area contributed by atoms with Crippen LogP contribution in [0.3, 0.4) is 0 Å². The molecule has 1 fully saturated rings. The molecule has 0 spiro atoms. The van der Waals surface area contributed by atoms with Gasteiger partial charge in [-0.05, 0) is 24.4 Å². The Morgan fingerprint density at radius 3 is 2.94 bits per heavy atom. The van der Waals surface area contributed by atoms with E-state index in [0.29, 0.717) is 11.4 Å². The molecule has 6 nitrogen and oxygen atoms in total. The number of pyridine rings is 1. The van der Waals surface area contributed by atoms with Gasteiger partial charge in [0.25, 0.3) is 0 Å². The van der Waals surface area contributed by atoms with Crippen LogP contribution in [0.2, 0.25) is 0 Å². The van der Waals surface area contributed by atoms with Gasteiger partial charge in [-0.1, -0.05) is 0 Å². The fraction of sp³-hybridized carbons (Fsp3) is 0.455. The van der Waals surface area contributed by atoms with Crippen LogP contribution >= 0.6 is 15.9 Å². The van der Waals surface area contributed by atoms with Gasteiger partial charge in [0.2, 0.25) is 4.60 Å². The van der Waals surface area contributed by atoms with E-state index in [-0.39, 0.29) is 17.4 Å². The highest BCUT2D eigenvalue weighted by molar-refractivity contribution is 9.10. The lowest BCUT2D eigenvalue weighted by Crippen LogP contribution is -2.16. The van der Waals surface area contributed by atoms with Crippen molar-refractivity contribution in [2.75, 3.05) is 5.32 Å². The third-order valence-electron chi connectivity index (χ3n) is 2.97. The number of nitrogens with one attached hydrogen (secondary N) is 2. The first kappa shape index (κ1) is 14.5. The minimum Gasteiger partial charge on any atom is -0.870 e. The van der Waals surface area contributed by atoms with Crippen molar-refractivity contribution in [3.8, 4) is 6.07 Å². The SMILES string of the molecule is N#CC1CCC(Nc2cc(Br)[nH+]cc2N=O)C1.[OH-]. The molecule has 2 unspecified atom stereocenters. The van der Waals surface area contributed by atoms with Crippen LogP contribution in [-0.4, -0.2) is 11.5 Å². The van der Waals surface area contributed by atoms with Crippen LogP contribution in [0, 0.1) is 22.2 Å². The maximum Gasteiger partial charge on any atom is 0.248 e. The van der Waals surface area contributed by atoms with Gasteiger partial charge >= 0.3 is 0 Å². The molecule has 1 aromatic heterocycles. The zero-order valence-electron chi connectivity index (χ0n) is 9.56. The quantitative estimate of drug-likeness (QED) is 0.683. The van der Waals surface area contributed by atoms with Gasteiger partial charge < -0.3 is 10.8 Å². The molecule has 1 aliphatic rings. The highest BCUT2D eigenvalue weighted by Crippen LogP contribution is 2.31. The summed E-state index contributed by atoms with van der Waals surface area (Å²) >= 11 is 3.31. The van der Waals surface area contributed by atoms with E-state index in [1.54, 1.807) is 12.3 Å². The lowest BCUT2D eigenvalue weighted by atomic mass is 10.1. The normalized spacial score (nSPS) is 21.8. The van der Waals surface area contributed by atoms with Gasteiger partial charge in [-0.2, -0.15) is 5.26 Å². The number of nitroso groups, excluding NO2 is 1. The van der Waals surface area contributed by atoms with E-state index in [1.165, 1.54) is 0 Å². The van der Waals surface area contributed by atoms with Gasteiger partial charge in [-0.25, -0.2) is 4.98 Å². The number of hydrogen-bond donors (Lipinski definition) is 1. The summed E-state index contributed by atoms with van der Waals surface area (Å²) < 4.78 is 0.780. The van der Waals surface area contributed by atoms with Crippen molar-refractivity contribution in [3.05, 3.63) is 21.8 Å². The first-order chi connectivity index (χ1) is 8.22. The lowest BCUT2D eigenvalue weighted by Gasteiger charge is -2.13. The summed E-state index contributed by atoms with van der Waals surface area (Å²) in [4.78, 5) is 13.5. The van der Waals surface area contributed by atoms with Crippen molar-refractivity contribution >= 4 is 27.3 Å². The Balaban J connectivity index is 0.00000162. The largest absolute Gasteiger partial charge is 0.870 e. The van der Waals surface area contributed by atoms with Gasteiger partial charge in [0.1, 0.15) is 0 Å². The van der Waals surface area contributed by atoms with Crippen molar-refractivity contribution in [2.24, 2.45) is 11.1 Å². The molecular formula is C11H13BrN4O2. The molecule has 0 saturated heterocycles. The minimum atomic E-state index is 0. The molecule has 1 saturated carbocycles. The van der Waals surface area contributed by atoms with Crippen LogP contribution in [0.15, 0.2) is 22.0 Å². The maximum absolute atomic E-state index is 10.7. The second-order valence-electron chi connectivity index (χ2n) is 4.15. The van der Waals surface area contributed by atoms with Gasteiger partial charge in [0.15, 0.2) is 11.9 Å². The second kappa shape index (κ2) is 6.42. The third-order valence-corrected chi connectivity index (χ3v) is 3.42. The summed E-state index contributed by atoms with van der Waals surface area (Å²) in [6, 6.07) is 4.31. The fourth-order valence-electron chi connectivity index (χ4n) is 2.10. The van der Waals surface area contributed by atoms with Crippen molar-refractivity contribution in [1.82, 2.24) is 0 Å². The Bertz CT molecular complexity index is 475. The number of aromatic amines is 1. The van der Waals surface area contributed by atoms with Gasteiger partial charge in [0.05, 0.1) is 11.8 Å². The summed E-state index contributed by atoms with van der Waals surface area (Å²) in [6.07, 6.45) is 4.24. The van der Waals surface area contributed by atoms with E-state index in [0.717, 1.165) is 23.9 Å². The molecule has 0 radical (unpaired) electrons. The molecule has 2 rings (SSSR count). The van der Waals surface area contributed by atoms with E-state index >= 15 is 0 Å². The predicted octanol–water partition coefficient (Wildman–Crippen LogP) is 2.59. The molecule has 2 atom stereocenters. The molecule has 3 N–H and O–H groups in total. The number of aromatic nitrogens is 1. The maximum atomic E-state index is 10.7. The lowest BCUT2D eigenvalue weighted by molar-refractivity contribution is -0.391. The number of nitrogens with zero attached hydrogens (tertiary/aromatic N) is 2. The Morgan fingerprint density at radius 1 is 1.56 bits per heavy atom. The molecule has 1 aromatic rings. The molecule has 0 aliphatic heterocycles. The zero-order valence-corrected chi connectivity index (χ0v) is 11.1. The first-order valence-corrected chi connectivity index (χ1v) is 6.23. The Morgan fingerprint density at radius 2 is 2.33 bits per heavy atom. The zero-order chi connectivity index (χ0) is 12.3. The molecule has 0 bridgehead atoms. The van der Waals surface area contributed by atoms with E-state index in [9.17, 15) is 4.91 Å². The summed E-state index contributed by atoms with van der Waals surface area (Å²) in [7, 11) is 0.